The van der Waals surface area contributed by atoms with E-state index in [1.807, 2.05) is 30.3 Å². The summed E-state index contributed by atoms with van der Waals surface area (Å²) in [4.78, 5) is 40.8. The molecule has 1 aromatic heterocycles. The van der Waals surface area contributed by atoms with E-state index in [0.717, 1.165) is 148 Å². The van der Waals surface area contributed by atoms with Crippen LogP contribution in [-0.4, -0.2) is 193 Å². The van der Waals surface area contributed by atoms with Crippen LogP contribution < -0.4 is 4.74 Å². The Kier molecular flexibility index (Phi) is 34.1. The molecule has 4 unspecified atom stereocenters. The molecule has 5 heterocycles. The van der Waals surface area contributed by atoms with Crippen molar-refractivity contribution in [3.8, 4) is 5.75 Å². The highest BCUT2D eigenvalue weighted by Crippen LogP contribution is 2.62. The number of carbonyl (C=O) groups is 3. The molecule has 4 aliphatic heterocycles. The van der Waals surface area contributed by atoms with Crippen LogP contribution in [0.1, 0.15) is 164 Å². The summed E-state index contributed by atoms with van der Waals surface area (Å²) in [6.45, 7) is 5.36. The molecule has 0 radical (unpaired) electrons. The van der Waals surface area contributed by atoms with E-state index in [1.54, 1.807) is 18.5 Å². The minimum absolute atomic E-state index is 0. The van der Waals surface area contributed by atoms with Crippen molar-refractivity contribution in [2.24, 2.45) is 58.2 Å². The molecule has 0 spiro atoms. The number of piperidine rings is 1. The second-order valence-electron chi connectivity index (χ2n) is 35.5. The predicted molar refractivity (Wildman–Crippen MR) is 478 cm³/mol. The monoisotopic (exact) mass is 1860 g/mol. The van der Waals surface area contributed by atoms with Crippen molar-refractivity contribution < 1.29 is 108 Å². The van der Waals surface area contributed by atoms with Crippen molar-refractivity contribution in [1.82, 2.24) is 8.61 Å². The quantitative estimate of drug-likeness (QED) is 0.0321. The fourth-order valence-corrected chi connectivity index (χ4v) is 29.7. The molecule has 0 N–H and O–H groups in total. The van der Waals surface area contributed by atoms with Crippen LogP contribution in [0.5, 0.6) is 5.75 Å². The van der Waals surface area contributed by atoms with E-state index in [4.69, 9.17) is 32.8 Å². The van der Waals surface area contributed by atoms with Gasteiger partial charge in [0.1, 0.15) is 57.2 Å². The van der Waals surface area contributed by atoms with E-state index in [1.165, 1.54) is 72.7 Å². The number of nitrogens with zero attached hydrogens (tertiary/aromatic N) is 2. The van der Waals surface area contributed by atoms with Gasteiger partial charge >= 0.3 is 29.0 Å². The Balaban J connectivity index is 0.000000156. The van der Waals surface area contributed by atoms with E-state index in [-0.39, 0.29) is 117 Å². The van der Waals surface area contributed by atoms with Gasteiger partial charge in [0.15, 0.2) is 21.3 Å². The van der Waals surface area contributed by atoms with Crippen molar-refractivity contribution in [1.29, 1.82) is 0 Å². The van der Waals surface area contributed by atoms with E-state index in [9.17, 15) is 75.1 Å². The molecule has 13 fully saturated rings. The van der Waals surface area contributed by atoms with Crippen molar-refractivity contribution in [3.63, 3.8) is 0 Å². The maximum absolute atomic E-state index is 13.8. The Bertz CT molecular complexity index is 4970. The number of alkyl halides is 10. The van der Waals surface area contributed by atoms with Gasteiger partial charge in [-0.1, -0.05) is 102 Å². The summed E-state index contributed by atoms with van der Waals surface area (Å²) in [6.07, 6.45) is 15.1. The fourth-order valence-electron chi connectivity index (χ4n) is 20.9. The summed E-state index contributed by atoms with van der Waals surface area (Å²) in [7, 11) is -4.74. The number of hydrogen-bond acceptors (Lipinski definition) is 14. The fraction of sp³-hybridized carbons (Fsp3) is 0.628. The third-order valence-electron chi connectivity index (χ3n) is 26.4. The Morgan fingerprint density at radius 3 is 1.55 bits per heavy atom. The Morgan fingerprint density at radius 2 is 1.01 bits per heavy atom. The number of fused-ring (bicyclic) bond motifs is 6. The molecule has 7 aromatic rings. The predicted octanol–water partition coefficient (Wildman–Crippen LogP) is 21.1. The van der Waals surface area contributed by atoms with Crippen molar-refractivity contribution in [2.45, 2.75) is 209 Å². The average molecular weight is 1860 g/mol. The maximum atomic E-state index is 13.8. The van der Waals surface area contributed by atoms with E-state index < -0.39 is 73.9 Å². The standard InChI is InChI=1S/C16H24F2O2.C16H20NO3S2.C16H15O2S.C16H19O2S.C14H18F2O3.C13H19F6NO2S.3CH4/c1-15(17,18)3-2-4-20-14(19)16-8-11-5-12(9-16)7-13(6-11)10-16;1-20-15-7-8-16(14-6-4-3-5-13(14)15)21-11-9-17(10-12-21)22(2,18)19;1-2-4-15-13(3-1)14-11-12(5-6-16(14)18-15)19-9-7-17-8-10-19;1-17-12-13-6-7-16(19-10-8-18-9-11-19)15-5-3-2-4-14(13)15;1-13(15,16)7-19-12(18)14-4-8-2-9(5-14)11(17)10(3-8)6-14;1-11(14,15)12(16,17)13(18,19)23(21,22)20-7-6-9-4-2-3-5-10(9)8-20;;;/h11-13H,2-10H2,1H3;3-8H,9-12H2,1-2H3;1-6,11H,7-10H2;2-7H,8-12H2,1H3;8-10H,2-7H2,1H3;9-10H,2-8H2,1H3;3*1H4/q;3*+1;;;;;. The lowest BCUT2D eigenvalue weighted by atomic mass is 9.49. The third kappa shape index (κ3) is 23.5. The maximum Gasteiger partial charge on any atom is 0.427 e. The van der Waals surface area contributed by atoms with Gasteiger partial charge in [0.05, 0.1) is 76.9 Å². The smallest absolute Gasteiger partial charge is 0.427 e. The number of ketones is 1. The number of sulfonamides is 2. The number of methoxy groups -OCH3 is 2. The lowest BCUT2D eigenvalue weighted by molar-refractivity contribution is -0.272. The molecule has 16 nitrogen and oxygen atoms in total. The van der Waals surface area contributed by atoms with Crippen LogP contribution in [0.4, 0.5) is 43.9 Å². The van der Waals surface area contributed by atoms with Crippen LogP contribution in [0.3, 0.4) is 0 Å². The van der Waals surface area contributed by atoms with E-state index >= 15 is 0 Å². The first-order valence-corrected chi connectivity index (χ1v) is 50.6. The van der Waals surface area contributed by atoms with Crippen molar-refractivity contribution >= 4 is 114 Å². The molecule has 9 aliphatic carbocycles. The lowest BCUT2D eigenvalue weighted by Crippen LogP contribution is -2.61. The number of halogens is 10. The number of ether oxygens (including phenoxy) is 6. The summed E-state index contributed by atoms with van der Waals surface area (Å²) in [5.74, 6) is -7.42. The van der Waals surface area contributed by atoms with E-state index in [0.29, 0.717) is 90.8 Å². The molecule has 31 heteroatoms. The molecule has 4 atom stereocenters. The second-order valence-corrected chi connectivity index (χ2v) is 46.2. The number of esters is 2. The first kappa shape index (κ1) is 101. The molecular weight excluding hydrogens is 1730 g/mol. The number of para-hydroxylation sites is 1. The van der Waals surface area contributed by atoms with E-state index in [2.05, 4.69) is 84.9 Å². The zero-order valence-electron chi connectivity index (χ0n) is 70.3. The highest BCUT2D eigenvalue weighted by molar-refractivity contribution is 7.98. The van der Waals surface area contributed by atoms with Crippen molar-refractivity contribution in [3.05, 3.63) is 121 Å². The highest BCUT2D eigenvalue weighted by atomic mass is 32.2. The summed E-state index contributed by atoms with van der Waals surface area (Å²) < 4.78 is 218. The molecule has 20 rings (SSSR count). The van der Waals surface area contributed by atoms with Gasteiger partial charge in [-0.3, -0.25) is 14.4 Å². The van der Waals surface area contributed by atoms with Crippen LogP contribution in [-0.2, 0) is 97.4 Å². The van der Waals surface area contributed by atoms with Crippen molar-refractivity contribution in [2.75, 3.05) is 121 Å². The topological polar surface area (TPSA) is 194 Å². The molecule has 4 saturated heterocycles. The normalized spacial score (nSPS) is 26.0. The van der Waals surface area contributed by atoms with Gasteiger partial charge in [0.25, 0.3) is 15.9 Å². The van der Waals surface area contributed by atoms with Gasteiger partial charge in [0, 0.05) is 118 Å². The van der Waals surface area contributed by atoms with Crippen LogP contribution in [0, 0.1) is 58.2 Å². The molecule has 125 heavy (non-hydrogen) atoms. The molecule has 0 amide bonds. The van der Waals surface area contributed by atoms with Gasteiger partial charge in [-0.05, 0) is 192 Å². The first-order chi connectivity index (χ1) is 57.8. The van der Waals surface area contributed by atoms with Gasteiger partial charge in [-0.25, -0.2) is 34.4 Å². The molecular formula is C94H127F10N2O14S5+3. The molecule has 8 bridgehead atoms. The minimum atomic E-state index is -5.98. The number of benzene rings is 6. The lowest BCUT2D eigenvalue weighted by Gasteiger charge is -2.55. The Hall–Kier alpha value is -5.90. The first-order valence-electron chi connectivity index (χ1n) is 42.7. The van der Waals surface area contributed by atoms with Crippen LogP contribution >= 0.6 is 0 Å². The molecule has 6 aromatic carbocycles. The SMILES string of the molecule is C.C.C.CC(F)(F)C(F)(F)C(F)(F)S(=O)(=O)N1CCC2CCCCC2C1.CC(F)(F)CCCOC(=O)C12CC3CC(CC(C3)C1)C2.CC(F)(F)COC(=O)C12CC3CC(C1)C(=O)C(C3)C2.COCc1ccc([S+]2CCOCC2)c2ccccc12.COc1ccc([S+]2CCN(S(C)(=O)=O)CC2)c2ccccc12.c1ccc2c(c1)oc1ccc([S+]3CCOCC3)cc12. The molecule has 13 aliphatic rings. The summed E-state index contributed by atoms with van der Waals surface area (Å²) in [5.41, 5.74) is 2.32. The number of carbonyl (C=O) groups excluding carboxylic acids is 3. The zero-order chi connectivity index (χ0) is 87.4. The number of furan rings is 1. The Morgan fingerprint density at radius 1 is 0.520 bits per heavy atom. The second kappa shape index (κ2) is 42.1. The Labute approximate surface area is 740 Å². The van der Waals surface area contributed by atoms with Gasteiger partial charge in [-0.15, -0.1) is 0 Å². The largest absolute Gasteiger partial charge is 0.496 e. The summed E-state index contributed by atoms with van der Waals surface area (Å²) >= 11 is 0. The zero-order valence-corrected chi connectivity index (χ0v) is 74.4. The minimum Gasteiger partial charge on any atom is -0.496 e. The van der Waals surface area contributed by atoms with Crippen LogP contribution in [0.15, 0.2) is 134 Å². The highest BCUT2D eigenvalue weighted by Gasteiger charge is 2.76. The third-order valence-corrected chi connectivity index (χ3v) is 36.4. The number of hydrogen-bond donors (Lipinski definition) is 0. The number of Topliss-reactive ketones (excluding diaryl/α,β-unsaturated/α-hetero) is 1. The average Bonchev–Trinajstić information content (AvgIpc) is 1.05. The van der Waals surface area contributed by atoms with Gasteiger partial charge in [0.2, 0.25) is 15.9 Å². The number of rotatable bonds is 19. The summed E-state index contributed by atoms with van der Waals surface area (Å²) in [5, 5.41) is 1.67. The van der Waals surface area contributed by atoms with Gasteiger partial charge < -0.3 is 32.8 Å². The summed E-state index contributed by atoms with van der Waals surface area (Å²) in [6, 6.07) is 40.6. The molecule has 694 valence electrons. The molecule has 9 saturated carbocycles. The van der Waals surface area contributed by atoms with Crippen LogP contribution in [0.25, 0.3) is 43.5 Å². The van der Waals surface area contributed by atoms with Crippen LogP contribution in [0.2, 0.25) is 0 Å². The van der Waals surface area contributed by atoms with Gasteiger partial charge in [-0.2, -0.15) is 35.0 Å².